The molecule has 3 rings (SSSR count). The van der Waals surface area contributed by atoms with Gasteiger partial charge in [0, 0.05) is 30.6 Å². The molecule has 2 aromatic rings. The first-order chi connectivity index (χ1) is 12.6. The van der Waals surface area contributed by atoms with Crippen LogP contribution in [0.3, 0.4) is 0 Å². The SMILES string of the molecule is COc1cc(OC)cc(C(=O)N2CCCCC(c3ccc(F)cc3)C2)c1. The van der Waals surface area contributed by atoms with E-state index in [1.165, 1.54) is 12.1 Å². The lowest BCUT2D eigenvalue weighted by atomic mass is 9.94. The summed E-state index contributed by atoms with van der Waals surface area (Å²) in [6.45, 7) is 1.35. The standard InChI is InChI=1S/C21H24FNO3/c1-25-19-11-17(12-20(13-19)26-2)21(24)23-10-4-3-5-16(14-23)15-6-8-18(22)9-7-15/h6-9,11-13,16H,3-5,10,14H2,1-2H3. The van der Waals surface area contributed by atoms with Crippen LogP contribution in [0.25, 0.3) is 0 Å². The van der Waals surface area contributed by atoms with E-state index in [2.05, 4.69) is 0 Å². The van der Waals surface area contributed by atoms with Crippen molar-refractivity contribution < 1.29 is 18.7 Å². The number of benzene rings is 2. The number of hydrogen-bond acceptors (Lipinski definition) is 3. The highest BCUT2D eigenvalue weighted by Gasteiger charge is 2.24. The second-order valence-corrected chi connectivity index (χ2v) is 6.60. The predicted octanol–water partition coefficient (Wildman–Crippen LogP) is 4.25. The second kappa shape index (κ2) is 8.21. The molecule has 0 aliphatic carbocycles. The lowest BCUT2D eigenvalue weighted by Crippen LogP contribution is -2.34. The van der Waals surface area contributed by atoms with Gasteiger partial charge in [0.25, 0.3) is 5.91 Å². The summed E-state index contributed by atoms with van der Waals surface area (Å²) in [4.78, 5) is 15.0. The zero-order valence-electron chi connectivity index (χ0n) is 15.2. The fourth-order valence-corrected chi connectivity index (χ4v) is 3.45. The molecule has 0 spiro atoms. The fourth-order valence-electron chi connectivity index (χ4n) is 3.45. The van der Waals surface area contributed by atoms with Crippen LogP contribution in [0.4, 0.5) is 4.39 Å². The molecule has 1 aliphatic rings. The van der Waals surface area contributed by atoms with Gasteiger partial charge in [-0.05, 0) is 42.7 Å². The molecule has 1 fully saturated rings. The van der Waals surface area contributed by atoms with Crippen molar-refractivity contribution in [2.75, 3.05) is 27.3 Å². The molecule has 1 unspecified atom stereocenters. The number of halogens is 1. The van der Waals surface area contributed by atoms with E-state index < -0.39 is 0 Å². The van der Waals surface area contributed by atoms with Crippen molar-refractivity contribution in [3.8, 4) is 11.5 Å². The molecule has 5 heteroatoms. The van der Waals surface area contributed by atoms with E-state index in [9.17, 15) is 9.18 Å². The van der Waals surface area contributed by atoms with Gasteiger partial charge in [0.05, 0.1) is 14.2 Å². The minimum atomic E-state index is -0.237. The average molecular weight is 357 g/mol. The average Bonchev–Trinajstić information content (AvgIpc) is 2.93. The van der Waals surface area contributed by atoms with Crippen LogP contribution in [0.5, 0.6) is 11.5 Å². The van der Waals surface area contributed by atoms with Gasteiger partial charge < -0.3 is 14.4 Å². The Kier molecular flexibility index (Phi) is 5.76. The summed E-state index contributed by atoms with van der Waals surface area (Å²) in [7, 11) is 3.14. The third kappa shape index (κ3) is 4.15. The highest BCUT2D eigenvalue weighted by molar-refractivity contribution is 5.95. The molecule has 0 aromatic heterocycles. The largest absolute Gasteiger partial charge is 0.497 e. The Bertz CT molecular complexity index is 738. The number of carbonyl (C=O) groups excluding carboxylic acids is 1. The van der Waals surface area contributed by atoms with Crippen LogP contribution < -0.4 is 9.47 Å². The molecule has 0 N–H and O–H groups in total. The first kappa shape index (κ1) is 18.2. The van der Waals surface area contributed by atoms with E-state index >= 15 is 0 Å². The van der Waals surface area contributed by atoms with Crippen molar-refractivity contribution in [2.24, 2.45) is 0 Å². The Hall–Kier alpha value is -2.56. The summed E-state index contributed by atoms with van der Waals surface area (Å²) in [5, 5.41) is 0. The highest BCUT2D eigenvalue weighted by Crippen LogP contribution is 2.29. The van der Waals surface area contributed by atoms with E-state index in [1.807, 2.05) is 17.0 Å². The summed E-state index contributed by atoms with van der Waals surface area (Å²) in [5.74, 6) is 1.14. The first-order valence-electron chi connectivity index (χ1n) is 8.88. The van der Waals surface area contributed by atoms with Gasteiger partial charge in [0.1, 0.15) is 17.3 Å². The van der Waals surface area contributed by atoms with Gasteiger partial charge in [-0.25, -0.2) is 4.39 Å². The zero-order valence-corrected chi connectivity index (χ0v) is 15.2. The number of nitrogens with zero attached hydrogens (tertiary/aromatic N) is 1. The molecule has 138 valence electrons. The van der Waals surface area contributed by atoms with Crippen LogP contribution in [-0.2, 0) is 0 Å². The van der Waals surface area contributed by atoms with Crippen LogP contribution in [0.2, 0.25) is 0 Å². The van der Waals surface area contributed by atoms with E-state index in [0.29, 0.717) is 23.6 Å². The summed E-state index contributed by atoms with van der Waals surface area (Å²) in [6.07, 6.45) is 3.01. The minimum absolute atomic E-state index is 0.0313. The number of rotatable bonds is 4. The maximum Gasteiger partial charge on any atom is 0.254 e. The molecule has 1 atom stereocenters. The third-order valence-corrected chi connectivity index (χ3v) is 4.90. The molecule has 2 aromatic carbocycles. The maximum atomic E-state index is 13.2. The summed E-state index contributed by atoms with van der Waals surface area (Å²) >= 11 is 0. The molecule has 0 radical (unpaired) electrons. The number of ether oxygens (including phenoxy) is 2. The molecular formula is C21H24FNO3. The van der Waals surface area contributed by atoms with Crippen LogP contribution in [0.15, 0.2) is 42.5 Å². The molecule has 1 saturated heterocycles. The smallest absolute Gasteiger partial charge is 0.254 e. The predicted molar refractivity (Wildman–Crippen MR) is 98.4 cm³/mol. The number of likely N-dealkylation sites (tertiary alicyclic amines) is 1. The number of methoxy groups -OCH3 is 2. The van der Waals surface area contributed by atoms with Crippen LogP contribution in [-0.4, -0.2) is 38.1 Å². The van der Waals surface area contributed by atoms with E-state index in [4.69, 9.17) is 9.47 Å². The topological polar surface area (TPSA) is 38.8 Å². The second-order valence-electron chi connectivity index (χ2n) is 6.60. The van der Waals surface area contributed by atoms with Crippen LogP contribution >= 0.6 is 0 Å². The van der Waals surface area contributed by atoms with Crippen LogP contribution in [0, 0.1) is 5.82 Å². The molecule has 1 heterocycles. The lowest BCUT2D eigenvalue weighted by Gasteiger charge is -2.25. The number of amides is 1. The monoisotopic (exact) mass is 357 g/mol. The van der Waals surface area contributed by atoms with Gasteiger partial charge in [-0.2, -0.15) is 0 Å². The Labute approximate surface area is 153 Å². The first-order valence-corrected chi connectivity index (χ1v) is 8.88. The summed E-state index contributed by atoms with van der Waals surface area (Å²) < 4.78 is 23.8. The van der Waals surface area contributed by atoms with Crippen molar-refractivity contribution in [3.63, 3.8) is 0 Å². The molecule has 0 saturated carbocycles. The van der Waals surface area contributed by atoms with Gasteiger partial charge in [-0.3, -0.25) is 4.79 Å². The van der Waals surface area contributed by atoms with E-state index in [0.717, 1.165) is 31.4 Å². The van der Waals surface area contributed by atoms with Gasteiger partial charge in [-0.1, -0.05) is 18.6 Å². The zero-order chi connectivity index (χ0) is 18.5. The van der Waals surface area contributed by atoms with Gasteiger partial charge in [0.2, 0.25) is 0 Å². The minimum Gasteiger partial charge on any atom is -0.497 e. The molecule has 0 bridgehead atoms. The van der Waals surface area contributed by atoms with Crippen molar-refractivity contribution in [1.29, 1.82) is 0 Å². The van der Waals surface area contributed by atoms with E-state index in [-0.39, 0.29) is 17.6 Å². The highest BCUT2D eigenvalue weighted by atomic mass is 19.1. The Balaban J connectivity index is 1.82. The Morgan fingerprint density at radius 3 is 2.31 bits per heavy atom. The summed E-state index contributed by atoms with van der Waals surface area (Å²) in [6, 6.07) is 11.8. The fraction of sp³-hybridized carbons (Fsp3) is 0.381. The molecular weight excluding hydrogens is 333 g/mol. The summed E-state index contributed by atoms with van der Waals surface area (Å²) in [5.41, 5.74) is 1.63. The van der Waals surface area contributed by atoms with Gasteiger partial charge in [-0.15, -0.1) is 0 Å². The van der Waals surface area contributed by atoms with Crippen molar-refractivity contribution in [1.82, 2.24) is 4.90 Å². The van der Waals surface area contributed by atoms with E-state index in [1.54, 1.807) is 32.4 Å². The number of carbonyl (C=O) groups is 1. The Morgan fingerprint density at radius 1 is 1.04 bits per heavy atom. The van der Waals surface area contributed by atoms with Gasteiger partial charge in [0.15, 0.2) is 0 Å². The molecule has 4 nitrogen and oxygen atoms in total. The van der Waals surface area contributed by atoms with Gasteiger partial charge >= 0.3 is 0 Å². The molecule has 26 heavy (non-hydrogen) atoms. The third-order valence-electron chi connectivity index (χ3n) is 4.90. The normalized spacial score (nSPS) is 17.5. The van der Waals surface area contributed by atoms with Crippen molar-refractivity contribution in [2.45, 2.75) is 25.2 Å². The number of hydrogen-bond donors (Lipinski definition) is 0. The quantitative estimate of drug-likeness (QED) is 0.821. The molecule has 1 aliphatic heterocycles. The Morgan fingerprint density at radius 2 is 1.69 bits per heavy atom. The van der Waals surface area contributed by atoms with Crippen LogP contribution in [0.1, 0.15) is 41.1 Å². The van der Waals surface area contributed by atoms with Crippen molar-refractivity contribution >= 4 is 5.91 Å². The maximum absolute atomic E-state index is 13.2. The lowest BCUT2D eigenvalue weighted by molar-refractivity contribution is 0.0753. The van der Waals surface area contributed by atoms with Crippen molar-refractivity contribution in [3.05, 3.63) is 59.4 Å². The molecule has 1 amide bonds.